The van der Waals surface area contributed by atoms with Crippen molar-refractivity contribution in [3.05, 3.63) is 0 Å². The van der Waals surface area contributed by atoms with E-state index in [2.05, 4.69) is 18.7 Å². The highest BCUT2D eigenvalue weighted by Gasteiger charge is 2.57. The van der Waals surface area contributed by atoms with Crippen LogP contribution in [0, 0.1) is 0 Å². The molecular formula is C15H27N3O2. The topological polar surface area (TPSA) is 43.9 Å². The van der Waals surface area contributed by atoms with Crippen LogP contribution in [0.4, 0.5) is 4.79 Å². The number of carbonyl (C=O) groups excluding carboxylic acids is 2. The van der Waals surface area contributed by atoms with Crippen LogP contribution >= 0.6 is 0 Å². The van der Waals surface area contributed by atoms with Crippen molar-refractivity contribution in [2.75, 3.05) is 20.1 Å². The van der Waals surface area contributed by atoms with Gasteiger partial charge >= 0.3 is 6.03 Å². The van der Waals surface area contributed by atoms with Crippen LogP contribution in [0.2, 0.25) is 0 Å². The summed E-state index contributed by atoms with van der Waals surface area (Å²) in [6.07, 6.45) is 2.62. The van der Waals surface area contributed by atoms with E-state index in [0.717, 1.165) is 32.4 Å². The standard InChI is InChI=1S/C15H27N3O2/c1-6-12(4)17-9-7-15(8-10-17)13(19)18(11(2)3)14(20)16(15)5/h11-12H,6-10H2,1-5H3. The number of imide groups is 1. The Kier molecular flexibility index (Phi) is 4.09. The first kappa shape index (κ1) is 15.3. The molecule has 0 N–H and O–H groups in total. The van der Waals surface area contributed by atoms with Crippen LogP contribution in [-0.4, -0.2) is 64.4 Å². The first-order chi connectivity index (χ1) is 9.35. The van der Waals surface area contributed by atoms with Crippen LogP contribution < -0.4 is 0 Å². The minimum atomic E-state index is -0.592. The lowest BCUT2D eigenvalue weighted by Gasteiger charge is -2.42. The number of likely N-dealkylation sites (N-methyl/N-ethyl adjacent to an activating group) is 1. The van der Waals surface area contributed by atoms with E-state index < -0.39 is 5.54 Å². The van der Waals surface area contributed by atoms with Crippen LogP contribution in [0.25, 0.3) is 0 Å². The second kappa shape index (κ2) is 5.35. The second-order valence-electron chi connectivity index (χ2n) is 6.44. The van der Waals surface area contributed by atoms with Crippen LogP contribution in [0.3, 0.4) is 0 Å². The third-order valence-electron chi connectivity index (χ3n) is 5.11. The normalized spacial score (nSPS) is 25.1. The molecule has 5 nitrogen and oxygen atoms in total. The molecule has 0 radical (unpaired) electrons. The number of amides is 3. The maximum absolute atomic E-state index is 12.7. The maximum Gasteiger partial charge on any atom is 0.327 e. The Hall–Kier alpha value is -1.10. The van der Waals surface area contributed by atoms with Crippen molar-refractivity contribution in [2.45, 2.75) is 64.6 Å². The van der Waals surface area contributed by atoms with Gasteiger partial charge < -0.3 is 9.80 Å². The Morgan fingerprint density at radius 2 is 1.70 bits per heavy atom. The Labute approximate surface area is 121 Å². The summed E-state index contributed by atoms with van der Waals surface area (Å²) >= 11 is 0. The number of urea groups is 1. The quantitative estimate of drug-likeness (QED) is 0.742. The summed E-state index contributed by atoms with van der Waals surface area (Å²) < 4.78 is 0. The molecule has 0 aliphatic carbocycles. The number of nitrogens with zero attached hydrogens (tertiary/aromatic N) is 3. The third-order valence-corrected chi connectivity index (χ3v) is 5.11. The monoisotopic (exact) mass is 281 g/mol. The summed E-state index contributed by atoms with van der Waals surface area (Å²) in [5, 5.41) is 0. The van der Waals surface area contributed by atoms with Gasteiger partial charge in [0.25, 0.3) is 5.91 Å². The lowest BCUT2D eigenvalue weighted by molar-refractivity contribution is -0.136. The molecule has 1 spiro atoms. The van der Waals surface area contributed by atoms with Gasteiger partial charge in [-0.2, -0.15) is 0 Å². The Morgan fingerprint density at radius 1 is 1.15 bits per heavy atom. The second-order valence-corrected chi connectivity index (χ2v) is 6.44. The molecule has 114 valence electrons. The van der Waals surface area contributed by atoms with Crippen molar-refractivity contribution in [3.63, 3.8) is 0 Å². The Morgan fingerprint density at radius 3 is 2.10 bits per heavy atom. The zero-order valence-electron chi connectivity index (χ0n) is 13.3. The molecule has 0 bridgehead atoms. The minimum Gasteiger partial charge on any atom is -0.312 e. The Balaban J connectivity index is 2.17. The lowest BCUT2D eigenvalue weighted by atomic mass is 9.85. The first-order valence-electron chi connectivity index (χ1n) is 7.70. The number of rotatable bonds is 3. The van der Waals surface area contributed by atoms with Gasteiger partial charge in [0.15, 0.2) is 0 Å². The van der Waals surface area contributed by atoms with Gasteiger partial charge in [-0.3, -0.25) is 9.69 Å². The fourth-order valence-corrected chi connectivity index (χ4v) is 3.40. The summed E-state index contributed by atoms with van der Waals surface area (Å²) in [5.41, 5.74) is -0.592. The zero-order valence-corrected chi connectivity index (χ0v) is 13.3. The molecule has 1 atom stereocenters. The molecule has 0 aromatic heterocycles. The molecule has 2 aliphatic rings. The smallest absolute Gasteiger partial charge is 0.312 e. The third kappa shape index (κ3) is 2.12. The number of likely N-dealkylation sites (tertiary alicyclic amines) is 1. The van der Waals surface area contributed by atoms with E-state index in [-0.39, 0.29) is 18.0 Å². The van der Waals surface area contributed by atoms with Gasteiger partial charge in [0.2, 0.25) is 0 Å². The molecule has 5 heteroatoms. The molecule has 2 aliphatic heterocycles. The summed E-state index contributed by atoms with van der Waals surface area (Å²) in [7, 11) is 1.78. The predicted octanol–water partition coefficient (Wildman–Crippen LogP) is 1.92. The van der Waals surface area contributed by atoms with E-state index in [1.165, 1.54) is 4.90 Å². The van der Waals surface area contributed by atoms with E-state index in [0.29, 0.717) is 6.04 Å². The van der Waals surface area contributed by atoms with Crippen LogP contribution in [0.15, 0.2) is 0 Å². The minimum absolute atomic E-state index is 0.00352. The summed E-state index contributed by atoms with van der Waals surface area (Å²) in [6.45, 7) is 10.00. The zero-order chi connectivity index (χ0) is 15.1. The van der Waals surface area contributed by atoms with Crippen molar-refractivity contribution in [3.8, 4) is 0 Å². The van der Waals surface area contributed by atoms with Crippen molar-refractivity contribution in [2.24, 2.45) is 0 Å². The van der Waals surface area contributed by atoms with Crippen molar-refractivity contribution in [1.29, 1.82) is 0 Å². The predicted molar refractivity (Wildman–Crippen MR) is 78.4 cm³/mol. The molecule has 0 saturated carbocycles. The van der Waals surface area contributed by atoms with Gasteiger partial charge in [-0.15, -0.1) is 0 Å². The molecule has 0 aromatic rings. The van der Waals surface area contributed by atoms with Crippen molar-refractivity contribution >= 4 is 11.9 Å². The number of carbonyl (C=O) groups is 2. The maximum atomic E-state index is 12.7. The Bertz CT molecular complexity index is 400. The van der Waals surface area contributed by atoms with Gasteiger partial charge in [-0.25, -0.2) is 4.79 Å². The van der Waals surface area contributed by atoms with E-state index in [1.54, 1.807) is 11.9 Å². The molecule has 2 rings (SSSR count). The largest absolute Gasteiger partial charge is 0.327 e. The molecule has 0 aromatic carbocycles. The van der Waals surface area contributed by atoms with E-state index in [1.807, 2.05) is 13.8 Å². The van der Waals surface area contributed by atoms with Gasteiger partial charge in [-0.05, 0) is 40.0 Å². The summed E-state index contributed by atoms with van der Waals surface area (Å²) in [6, 6.07) is 0.345. The summed E-state index contributed by atoms with van der Waals surface area (Å²) in [4.78, 5) is 30.6. The van der Waals surface area contributed by atoms with Crippen LogP contribution in [0.5, 0.6) is 0 Å². The molecular weight excluding hydrogens is 254 g/mol. The summed E-state index contributed by atoms with van der Waals surface area (Å²) in [5.74, 6) is 0.00352. The van der Waals surface area contributed by atoms with Gasteiger partial charge in [-0.1, -0.05) is 6.92 Å². The highest BCUT2D eigenvalue weighted by Crippen LogP contribution is 2.37. The highest BCUT2D eigenvalue weighted by molar-refractivity contribution is 6.07. The first-order valence-corrected chi connectivity index (χ1v) is 7.70. The number of hydrogen-bond donors (Lipinski definition) is 0. The van der Waals surface area contributed by atoms with Gasteiger partial charge in [0, 0.05) is 32.2 Å². The molecule has 2 fully saturated rings. The molecule has 3 amide bonds. The molecule has 1 unspecified atom stereocenters. The van der Waals surface area contributed by atoms with Gasteiger partial charge in [0.1, 0.15) is 5.54 Å². The van der Waals surface area contributed by atoms with E-state index in [9.17, 15) is 9.59 Å². The van der Waals surface area contributed by atoms with Crippen LogP contribution in [-0.2, 0) is 4.79 Å². The van der Waals surface area contributed by atoms with Crippen molar-refractivity contribution < 1.29 is 9.59 Å². The van der Waals surface area contributed by atoms with E-state index >= 15 is 0 Å². The fraction of sp³-hybridized carbons (Fsp3) is 0.867. The average molecular weight is 281 g/mol. The van der Waals surface area contributed by atoms with Crippen LogP contribution in [0.1, 0.15) is 47.0 Å². The fourth-order valence-electron chi connectivity index (χ4n) is 3.40. The average Bonchev–Trinajstić information content (AvgIpc) is 2.61. The lowest BCUT2D eigenvalue weighted by Crippen LogP contribution is -2.56. The van der Waals surface area contributed by atoms with Gasteiger partial charge in [0.05, 0.1) is 0 Å². The number of hydrogen-bond acceptors (Lipinski definition) is 3. The number of piperidine rings is 1. The van der Waals surface area contributed by atoms with Crippen molar-refractivity contribution in [1.82, 2.24) is 14.7 Å². The molecule has 2 heterocycles. The molecule has 20 heavy (non-hydrogen) atoms. The van der Waals surface area contributed by atoms with E-state index in [4.69, 9.17) is 0 Å². The molecule has 2 saturated heterocycles. The highest BCUT2D eigenvalue weighted by atomic mass is 16.2. The SMILES string of the molecule is CCC(C)N1CCC2(CC1)C(=O)N(C(C)C)C(=O)N2C.